The van der Waals surface area contributed by atoms with Crippen LogP contribution in [0, 0.1) is 12.3 Å². The molecule has 0 aromatic heterocycles. The van der Waals surface area contributed by atoms with Crippen molar-refractivity contribution in [2.45, 2.75) is 26.3 Å². The maximum absolute atomic E-state index is 10.7. The lowest BCUT2D eigenvalue weighted by molar-refractivity contribution is -0.119. The molecule has 1 radical (unpaired) electrons. The summed E-state index contributed by atoms with van der Waals surface area (Å²) in [5, 5.41) is 6.18. The summed E-state index contributed by atoms with van der Waals surface area (Å²) in [5.74, 6) is 0.658. The zero-order valence-electron chi connectivity index (χ0n) is 7.76. The molecule has 1 aliphatic heterocycles. The molecule has 1 aliphatic rings. The topological polar surface area (TPSA) is 41.1 Å². The monoisotopic (exact) mass is 169 g/mol. The van der Waals surface area contributed by atoms with Crippen LogP contribution in [0.2, 0.25) is 0 Å². The molecule has 0 aromatic carbocycles. The predicted octanol–water partition coefficient (Wildman–Crippen LogP) is 0.325. The summed E-state index contributed by atoms with van der Waals surface area (Å²) in [6, 6.07) is 0.223. The molecule has 69 valence electrons. The number of hydrogen-bond donors (Lipinski definition) is 2. The van der Waals surface area contributed by atoms with Crippen LogP contribution in [0.3, 0.4) is 0 Å². The Balaban J connectivity index is 2.30. The summed E-state index contributed by atoms with van der Waals surface area (Å²) in [7, 11) is 0. The van der Waals surface area contributed by atoms with Crippen LogP contribution in [0.15, 0.2) is 0 Å². The van der Waals surface area contributed by atoms with Gasteiger partial charge in [0, 0.05) is 19.5 Å². The number of piperidine rings is 1. The highest BCUT2D eigenvalue weighted by Crippen LogP contribution is 2.12. The van der Waals surface area contributed by atoms with Gasteiger partial charge < -0.3 is 10.6 Å². The van der Waals surface area contributed by atoms with Gasteiger partial charge in [-0.15, -0.1) is 0 Å². The Hall–Kier alpha value is -0.570. The van der Waals surface area contributed by atoms with E-state index in [0.717, 1.165) is 19.5 Å². The molecule has 0 bridgehead atoms. The third-order valence-electron chi connectivity index (χ3n) is 2.19. The molecule has 3 heteroatoms. The minimum Gasteiger partial charge on any atom is -0.352 e. The van der Waals surface area contributed by atoms with Crippen molar-refractivity contribution in [3.8, 4) is 0 Å². The summed E-state index contributed by atoms with van der Waals surface area (Å²) < 4.78 is 0. The van der Waals surface area contributed by atoms with Crippen molar-refractivity contribution in [2.75, 3.05) is 13.1 Å². The lowest BCUT2D eigenvalue weighted by Crippen LogP contribution is -2.48. The van der Waals surface area contributed by atoms with Gasteiger partial charge in [-0.25, -0.2) is 0 Å². The van der Waals surface area contributed by atoms with Gasteiger partial charge in [-0.3, -0.25) is 4.79 Å². The van der Waals surface area contributed by atoms with Crippen LogP contribution in [0.5, 0.6) is 0 Å². The average Bonchev–Trinajstić information content (AvgIpc) is 2.03. The Morgan fingerprint density at radius 2 is 2.42 bits per heavy atom. The molecular weight excluding hydrogens is 152 g/mol. The van der Waals surface area contributed by atoms with Crippen molar-refractivity contribution in [2.24, 2.45) is 5.92 Å². The first-order valence-corrected chi connectivity index (χ1v) is 4.55. The molecule has 1 saturated heterocycles. The number of carbonyl (C=O) groups excluding carboxylic acids is 1. The number of hydrogen-bond acceptors (Lipinski definition) is 2. The fourth-order valence-corrected chi connectivity index (χ4v) is 1.53. The van der Waals surface area contributed by atoms with Gasteiger partial charge in [-0.1, -0.05) is 13.3 Å². The molecule has 12 heavy (non-hydrogen) atoms. The predicted molar refractivity (Wildman–Crippen MR) is 48.6 cm³/mol. The Kier molecular flexibility index (Phi) is 3.53. The third-order valence-corrected chi connectivity index (χ3v) is 2.19. The second-order valence-electron chi connectivity index (χ2n) is 3.33. The van der Waals surface area contributed by atoms with E-state index in [0.29, 0.717) is 5.92 Å². The van der Waals surface area contributed by atoms with E-state index < -0.39 is 0 Å². The van der Waals surface area contributed by atoms with Crippen LogP contribution in [-0.2, 0) is 4.79 Å². The first-order chi connectivity index (χ1) is 5.72. The number of rotatable bonds is 2. The first-order valence-electron chi connectivity index (χ1n) is 4.55. The highest BCUT2D eigenvalue weighted by Gasteiger charge is 2.20. The molecule has 2 N–H and O–H groups in total. The van der Waals surface area contributed by atoms with Gasteiger partial charge >= 0.3 is 0 Å². The van der Waals surface area contributed by atoms with Crippen LogP contribution in [0.1, 0.15) is 20.3 Å². The Labute approximate surface area is 73.9 Å². The molecule has 2 unspecified atom stereocenters. The van der Waals surface area contributed by atoms with Gasteiger partial charge in [-0.2, -0.15) is 0 Å². The van der Waals surface area contributed by atoms with Crippen molar-refractivity contribution < 1.29 is 4.79 Å². The average molecular weight is 169 g/mol. The van der Waals surface area contributed by atoms with Crippen LogP contribution in [-0.4, -0.2) is 25.0 Å². The normalized spacial score (nSPS) is 29.8. The summed E-state index contributed by atoms with van der Waals surface area (Å²) in [6.45, 7) is 5.64. The van der Waals surface area contributed by atoms with Gasteiger partial charge in [-0.05, 0) is 18.9 Å². The van der Waals surface area contributed by atoms with Crippen LogP contribution in [0.4, 0.5) is 0 Å². The maximum atomic E-state index is 10.7. The lowest BCUT2D eigenvalue weighted by Gasteiger charge is -2.29. The Morgan fingerprint density at radius 1 is 1.67 bits per heavy atom. The molecule has 1 heterocycles. The summed E-state index contributed by atoms with van der Waals surface area (Å²) in [4.78, 5) is 10.7. The Morgan fingerprint density at radius 3 is 3.00 bits per heavy atom. The van der Waals surface area contributed by atoms with Gasteiger partial charge in [0.2, 0.25) is 5.91 Å². The van der Waals surface area contributed by atoms with E-state index in [4.69, 9.17) is 0 Å². The van der Waals surface area contributed by atoms with E-state index in [9.17, 15) is 4.79 Å². The van der Waals surface area contributed by atoms with Crippen LogP contribution >= 0.6 is 0 Å². The summed E-state index contributed by atoms with van der Waals surface area (Å²) in [6.07, 6.45) is 3.38. The SMILES string of the molecule is CCC1[CH]C(NC(C)=O)CNC1. The second-order valence-corrected chi connectivity index (χ2v) is 3.33. The minimum absolute atomic E-state index is 0.0507. The van der Waals surface area contributed by atoms with Crippen molar-refractivity contribution in [3.05, 3.63) is 6.42 Å². The highest BCUT2D eigenvalue weighted by molar-refractivity contribution is 5.73. The number of nitrogens with one attached hydrogen (secondary N) is 2. The maximum Gasteiger partial charge on any atom is 0.217 e. The Bertz CT molecular complexity index is 159. The summed E-state index contributed by atoms with van der Waals surface area (Å²) >= 11 is 0. The van der Waals surface area contributed by atoms with E-state index in [1.807, 2.05) is 0 Å². The van der Waals surface area contributed by atoms with E-state index in [-0.39, 0.29) is 11.9 Å². The molecule has 2 atom stereocenters. The molecular formula is C9H17N2O. The zero-order chi connectivity index (χ0) is 8.97. The van der Waals surface area contributed by atoms with Crippen LogP contribution in [0.25, 0.3) is 0 Å². The fraction of sp³-hybridized carbons (Fsp3) is 0.778. The lowest BCUT2D eigenvalue weighted by atomic mass is 9.93. The highest BCUT2D eigenvalue weighted by atomic mass is 16.1. The smallest absolute Gasteiger partial charge is 0.217 e. The van der Waals surface area contributed by atoms with Gasteiger partial charge in [0.25, 0.3) is 0 Å². The van der Waals surface area contributed by atoms with Crippen molar-refractivity contribution in [1.29, 1.82) is 0 Å². The van der Waals surface area contributed by atoms with Gasteiger partial charge in [0.05, 0.1) is 0 Å². The van der Waals surface area contributed by atoms with Gasteiger partial charge in [0.1, 0.15) is 0 Å². The van der Waals surface area contributed by atoms with E-state index >= 15 is 0 Å². The fourth-order valence-electron chi connectivity index (χ4n) is 1.53. The van der Waals surface area contributed by atoms with E-state index in [1.165, 1.54) is 0 Å². The molecule has 1 fully saturated rings. The number of carbonyl (C=O) groups is 1. The quantitative estimate of drug-likeness (QED) is 0.625. The number of amides is 1. The molecule has 0 aromatic rings. The largest absolute Gasteiger partial charge is 0.352 e. The van der Waals surface area contributed by atoms with E-state index in [2.05, 4.69) is 24.0 Å². The van der Waals surface area contributed by atoms with Gasteiger partial charge in [0.15, 0.2) is 0 Å². The molecule has 0 spiro atoms. The standard InChI is InChI=1S/C9H17N2O/c1-3-8-4-9(6-10-5-8)11-7(2)12/h4,8-10H,3,5-6H2,1-2H3,(H,11,12). The minimum atomic E-state index is 0.0507. The molecule has 0 aliphatic carbocycles. The molecule has 3 nitrogen and oxygen atoms in total. The van der Waals surface area contributed by atoms with Crippen LogP contribution < -0.4 is 10.6 Å². The van der Waals surface area contributed by atoms with Crippen molar-refractivity contribution in [1.82, 2.24) is 10.6 Å². The summed E-state index contributed by atoms with van der Waals surface area (Å²) in [5.41, 5.74) is 0. The zero-order valence-corrected chi connectivity index (χ0v) is 7.76. The van der Waals surface area contributed by atoms with E-state index in [1.54, 1.807) is 6.92 Å². The molecule has 1 amide bonds. The van der Waals surface area contributed by atoms with Crippen molar-refractivity contribution in [3.63, 3.8) is 0 Å². The second kappa shape index (κ2) is 4.45. The van der Waals surface area contributed by atoms with Crippen molar-refractivity contribution >= 4 is 5.91 Å². The third kappa shape index (κ3) is 2.81. The molecule has 0 saturated carbocycles. The first kappa shape index (κ1) is 9.52. The molecule has 1 rings (SSSR count).